The van der Waals surface area contributed by atoms with Gasteiger partial charge in [0.1, 0.15) is 11.5 Å². The second kappa shape index (κ2) is 8.22. The lowest BCUT2D eigenvalue weighted by atomic mass is 9.75. The van der Waals surface area contributed by atoms with Crippen molar-refractivity contribution in [2.45, 2.75) is 18.0 Å². The number of rotatable bonds is 5. The van der Waals surface area contributed by atoms with Crippen LogP contribution in [-0.2, 0) is 15.1 Å². The summed E-state index contributed by atoms with van der Waals surface area (Å²) in [5.41, 5.74) is 1.31. The summed E-state index contributed by atoms with van der Waals surface area (Å²) in [7, 11) is 3.23. The molecule has 3 heterocycles. The average molecular weight is 470 g/mol. The Morgan fingerprint density at radius 3 is 2.06 bits per heavy atom. The van der Waals surface area contributed by atoms with Crippen LogP contribution in [0.3, 0.4) is 0 Å². The predicted octanol–water partition coefficient (Wildman–Crippen LogP) is 3.77. The standard InChI is InChI=1S/C28H27N3O4/c1-34-22-13-9-19(10-14-22)25-24-26(32)31(21-11-15-23(35-2)16-12-21)27(33)28(24,20-7-4-3-5-8-20)30-18-6-17-29(25)30/h3-5,7-16,24-25H,6,17-18H2,1-2H3. The van der Waals surface area contributed by atoms with Gasteiger partial charge >= 0.3 is 0 Å². The minimum atomic E-state index is -1.10. The molecule has 7 nitrogen and oxygen atoms in total. The van der Waals surface area contributed by atoms with E-state index in [0.29, 0.717) is 18.0 Å². The third-order valence-electron chi connectivity index (χ3n) is 7.58. The van der Waals surface area contributed by atoms with Crippen LogP contribution in [0.5, 0.6) is 11.5 Å². The second-order valence-electron chi connectivity index (χ2n) is 9.14. The van der Waals surface area contributed by atoms with Gasteiger partial charge in [-0.15, -0.1) is 0 Å². The molecule has 0 N–H and O–H groups in total. The monoisotopic (exact) mass is 469 g/mol. The third kappa shape index (κ3) is 2.98. The van der Waals surface area contributed by atoms with Crippen molar-refractivity contribution in [1.82, 2.24) is 10.0 Å². The summed E-state index contributed by atoms with van der Waals surface area (Å²) in [5.74, 6) is 0.458. The van der Waals surface area contributed by atoms with Crippen LogP contribution in [-0.4, -0.2) is 49.1 Å². The van der Waals surface area contributed by atoms with Gasteiger partial charge in [-0.3, -0.25) is 9.59 Å². The first-order valence-corrected chi connectivity index (χ1v) is 11.9. The number of hydrogen-bond acceptors (Lipinski definition) is 6. The maximum atomic E-state index is 14.5. The van der Waals surface area contributed by atoms with Crippen molar-refractivity contribution < 1.29 is 19.1 Å². The Hall–Kier alpha value is -3.68. The van der Waals surface area contributed by atoms with Gasteiger partial charge in [-0.05, 0) is 53.9 Å². The summed E-state index contributed by atoms with van der Waals surface area (Å²) in [4.78, 5) is 30.1. The Labute approximate surface area is 204 Å². The summed E-state index contributed by atoms with van der Waals surface area (Å²) >= 11 is 0. The van der Waals surface area contributed by atoms with E-state index in [4.69, 9.17) is 9.47 Å². The van der Waals surface area contributed by atoms with E-state index in [1.165, 1.54) is 4.90 Å². The van der Waals surface area contributed by atoms with E-state index in [9.17, 15) is 9.59 Å². The summed E-state index contributed by atoms with van der Waals surface area (Å²) in [5, 5.41) is 4.40. The zero-order chi connectivity index (χ0) is 24.2. The summed E-state index contributed by atoms with van der Waals surface area (Å²) in [6.07, 6.45) is 0.929. The average Bonchev–Trinajstić information content (AvgIpc) is 3.55. The van der Waals surface area contributed by atoms with E-state index in [-0.39, 0.29) is 17.9 Å². The van der Waals surface area contributed by atoms with Crippen molar-refractivity contribution in [3.63, 3.8) is 0 Å². The zero-order valence-corrected chi connectivity index (χ0v) is 19.8. The molecule has 0 aliphatic carbocycles. The number of ether oxygens (including phenoxy) is 2. The van der Waals surface area contributed by atoms with Crippen LogP contribution < -0.4 is 14.4 Å². The molecule has 3 atom stereocenters. The maximum absolute atomic E-state index is 14.5. The number of methoxy groups -OCH3 is 2. The van der Waals surface area contributed by atoms with Crippen LogP contribution in [0.1, 0.15) is 23.6 Å². The maximum Gasteiger partial charge on any atom is 0.261 e. The number of imide groups is 1. The summed E-state index contributed by atoms with van der Waals surface area (Å²) in [6.45, 7) is 1.51. The molecular weight excluding hydrogens is 442 g/mol. The molecule has 3 saturated heterocycles. The Kier molecular flexibility index (Phi) is 5.12. The van der Waals surface area contributed by atoms with Gasteiger partial charge < -0.3 is 9.47 Å². The quantitative estimate of drug-likeness (QED) is 0.531. The fourth-order valence-electron chi connectivity index (χ4n) is 6.11. The van der Waals surface area contributed by atoms with Gasteiger partial charge in [0.25, 0.3) is 5.91 Å². The molecule has 3 aliphatic heterocycles. The van der Waals surface area contributed by atoms with Crippen molar-refractivity contribution in [2.24, 2.45) is 5.92 Å². The zero-order valence-electron chi connectivity index (χ0n) is 19.8. The minimum Gasteiger partial charge on any atom is -0.497 e. The van der Waals surface area contributed by atoms with Gasteiger partial charge in [-0.2, -0.15) is 0 Å². The number of hydrogen-bond donors (Lipinski definition) is 0. The molecule has 0 aromatic heterocycles. The molecule has 6 rings (SSSR count). The Bertz CT molecular complexity index is 1260. The van der Waals surface area contributed by atoms with Gasteiger partial charge in [0.05, 0.1) is 31.9 Å². The van der Waals surface area contributed by atoms with E-state index in [2.05, 4.69) is 10.0 Å². The SMILES string of the molecule is COc1ccc(C2C3C(=O)N(c4ccc(OC)cc4)C(=O)C3(c3ccccc3)N3CCCN23)cc1. The Morgan fingerprint density at radius 1 is 0.800 bits per heavy atom. The lowest BCUT2D eigenvalue weighted by molar-refractivity contribution is -0.134. The summed E-state index contributed by atoms with van der Waals surface area (Å²) < 4.78 is 10.6. The molecule has 7 heteroatoms. The number of amides is 2. The fraction of sp³-hybridized carbons (Fsp3) is 0.286. The number of carbonyl (C=O) groups excluding carboxylic acids is 2. The first-order valence-electron chi connectivity index (χ1n) is 11.9. The van der Waals surface area contributed by atoms with Crippen molar-refractivity contribution in [1.29, 1.82) is 0 Å². The largest absolute Gasteiger partial charge is 0.497 e. The van der Waals surface area contributed by atoms with Crippen LogP contribution in [0.25, 0.3) is 0 Å². The number of nitrogens with zero attached hydrogens (tertiary/aromatic N) is 3. The van der Waals surface area contributed by atoms with Crippen LogP contribution in [0.15, 0.2) is 78.9 Å². The topological polar surface area (TPSA) is 62.3 Å². The van der Waals surface area contributed by atoms with E-state index in [1.54, 1.807) is 38.5 Å². The molecular formula is C28H27N3O4. The molecule has 3 aromatic rings. The highest BCUT2D eigenvalue weighted by Crippen LogP contribution is 2.59. The van der Waals surface area contributed by atoms with Crippen molar-refractivity contribution in [3.8, 4) is 11.5 Å². The Morgan fingerprint density at radius 2 is 1.43 bits per heavy atom. The van der Waals surface area contributed by atoms with Crippen molar-refractivity contribution in [2.75, 3.05) is 32.2 Å². The highest BCUT2D eigenvalue weighted by molar-refractivity contribution is 6.26. The van der Waals surface area contributed by atoms with Gasteiger partial charge in [0.15, 0.2) is 5.54 Å². The molecule has 35 heavy (non-hydrogen) atoms. The van der Waals surface area contributed by atoms with Crippen LogP contribution in [0.2, 0.25) is 0 Å². The Balaban J connectivity index is 1.55. The number of anilines is 1. The predicted molar refractivity (Wildman–Crippen MR) is 131 cm³/mol. The van der Waals surface area contributed by atoms with E-state index in [0.717, 1.165) is 29.8 Å². The van der Waals surface area contributed by atoms with E-state index < -0.39 is 11.5 Å². The number of benzene rings is 3. The molecule has 0 radical (unpaired) electrons. The number of carbonyl (C=O) groups is 2. The lowest BCUT2D eigenvalue weighted by Crippen LogP contribution is -2.52. The fourth-order valence-corrected chi connectivity index (χ4v) is 6.11. The number of hydrazine groups is 1. The third-order valence-corrected chi connectivity index (χ3v) is 7.58. The van der Waals surface area contributed by atoms with Gasteiger partial charge in [-0.25, -0.2) is 14.9 Å². The van der Waals surface area contributed by atoms with E-state index >= 15 is 0 Å². The molecule has 3 aromatic carbocycles. The van der Waals surface area contributed by atoms with Gasteiger partial charge in [-0.1, -0.05) is 42.5 Å². The molecule has 2 amide bonds. The molecule has 178 valence electrons. The highest BCUT2D eigenvalue weighted by atomic mass is 16.5. The van der Waals surface area contributed by atoms with Crippen LogP contribution in [0, 0.1) is 5.92 Å². The first-order chi connectivity index (χ1) is 17.1. The molecule has 0 spiro atoms. The van der Waals surface area contributed by atoms with Crippen LogP contribution in [0.4, 0.5) is 5.69 Å². The van der Waals surface area contributed by atoms with Gasteiger partial charge in [0.2, 0.25) is 5.91 Å². The molecule has 3 fully saturated rings. The molecule has 3 aliphatic rings. The smallest absolute Gasteiger partial charge is 0.261 e. The summed E-state index contributed by atoms with van der Waals surface area (Å²) in [6, 6.07) is 24.5. The molecule has 3 unspecified atom stereocenters. The first kappa shape index (κ1) is 21.8. The van der Waals surface area contributed by atoms with Gasteiger partial charge in [0, 0.05) is 13.1 Å². The highest BCUT2D eigenvalue weighted by Gasteiger charge is 2.73. The van der Waals surface area contributed by atoms with Crippen molar-refractivity contribution >= 4 is 17.5 Å². The number of fused-ring (bicyclic) bond motifs is 3. The van der Waals surface area contributed by atoms with E-state index in [1.807, 2.05) is 54.6 Å². The molecule has 0 saturated carbocycles. The minimum absolute atomic E-state index is 0.181. The van der Waals surface area contributed by atoms with Crippen LogP contribution >= 0.6 is 0 Å². The lowest BCUT2D eigenvalue weighted by Gasteiger charge is -2.36. The van der Waals surface area contributed by atoms with Crippen molar-refractivity contribution in [3.05, 3.63) is 90.0 Å². The normalized spacial score (nSPS) is 26.2. The second-order valence-corrected chi connectivity index (χ2v) is 9.14. The molecule has 0 bridgehead atoms.